The molecule has 5 heteroatoms. The summed E-state index contributed by atoms with van der Waals surface area (Å²) in [5, 5.41) is 9.71. The molecule has 1 amide bonds. The normalized spacial score (nSPS) is 12.5. The molecule has 0 aliphatic carbocycles. The number of carbonyl (C=O) groups is 1. The largest absolute Gasteiger partial charge is 0.497 e. The summed E-state index contributed by atoms with van der Waals surface area (Å²) in [6.07, 6.45) is 0. The number of methoxy groups -OCH3 is 1. The van der Waals surface area contributed by atoms with Crippen LogP contribution in [-0.2, 0) is 4.79 Å². The minimum Gasteiger partial charge on any atom is -0.497 e. The van der Waals surface area contributed by atoms with Gasteiger partial charge in [0.15, 0.2) is 0 Å². The van der Waals surface area contributed by atoms with Crippen molar-refractivity contribution >= 4 is 28.1 Å². The van der Waals surface area contributed by atoms with Crippen LogP contribution in [0, 0.1) is 0 Å². The Morgan fingerprint density at radius 2 is 1.70 bits per heavy atom. The van der Waals surface area contributed by atoms with Gasteiger partial charge in [-0.1, -0.05) is 30.3 Å². The zero-order valence-electron chi connectivity index (χ0n) is 15.7. The second kappa shape index (κ2) is 8.36. The Balaban J connectivity index is 1.62. The summed E-state index contributed by atoms with van der Waals surface area (Å²) in [6.45, 7) is 3.66. The molecule has 0 radical (unpaired) electrons. The van der Waals surface area contributed by atoms with E-state index in [0.717, 1.165) is 28.1 Å². The van der Waals surface area contributed by atoms with E-state index in [9.17, 15) is 4.79 Å². The van der Waals surface area contributed by atoms with Crippen LogP contribution >= 0.6 is 0 Å². The third-order valence-corrected chi connectivity index (χ3v) is 4.37. The number of amides is 1. The lowest BCUT2D eigenvalue weighted by Crippen LogP contribution is -2.35. The van der Waals surface area contributed by atoms with Crippen LogP contribution in [-0.4, -0.2) is 24.8 Å². The van der Waals surface area contributed by atoms with Gasteiger partial charge < -0.3 is 10.1 Å². The fourth-order valence-corrected chi connectivity index (χ4v) is 2.73. The molecule has 3 aromatic rings. The Bertz CT molecular complexity index is 965. The average Bonchev–Trinajstić information content (AvgIpc) is 2.71. The Morgan fingerprint density at radius 1 is 1.00 bits per heavy atom. The number of nitrogens with one attached hydrogen (secondary N) is 2. The molecular weight excluding hydrogens is 338 g/mol. The lowest BCUT2D eigenvalue weighted by Gasteiger charge is -2.14. The maximum atomic E-state index is 12.3. The van der Waals surface area contributed by atoms with Gasteiger partial charge in [0.1, 0.15) is 11.8 Å². The van der Waals surface area contributed by atoms with Gasteiger partial charge in [-0.05, 0) is 66.6 Å². The fraction of sp³-hybridized carbons (Fsp3) is 0.182. The number of anilines is 1. The summed E-state index contributed by atoms with van der Waals surface area (Å²) >= 11 is 0. The number of rotatable bonds is 6. The molecule has 0 spiro atoms. The monoisotopic (exact) mass is 361 g/mol. The summed E-state index contributed by atoms with van der Waals surface area (Å²) in [4.78, 5) is 12.3. The van der Waals surface area contributed by atoms with Gasteiger partial charge in [-0.2, -0.15) is 5.10 Å². The number of carbonyl (C=O) groups excluding carboxylic acids is 1. The number of benzene rings is 3. The van der Waals surface area contributed by atoms with Gasteiger partial charge >= 0.3 is 0 Å². The van der Waals surface area contributed by atoms with Crippen molar-refractivity contribution < 1.29 is 9.53 Å². The van der Waals surface area contributed by atoms with Crippen molar-refractivity contribution in [2.24, 2.45) is 5.10 Å². The highest BCUT2D eigenvalue weighted by Crippen LogP contribution is 2.19. The Labute approximate surface area is 159 Å². The van der Waals surface area contributed by atoms with Crippen LogP contribution in [0.15, 0.2) is 71.8 Å². The summed E-state index contributed by atoms with van der Waals surface area (Å²) in [5.74, 6) is 0.583. The summed E-state index contributed by atoms with van der Waals surface area (Å²) in [5.41, 5.74) is 5.17. The summed E-state index contributed by atoms with van der Waals surface area (Å²) < 4.78 is 5.14. The quantitative estimate of drug-likeness (QED) is 0.511. The Morgan fingerprint density at radius 3 is 2.41 bits per heavy atom. The highest BCUT2D eigenvalue weighted by molar-refractivity contribution is 5.99. The molecule has 5 nitrogen and oxygen atoms in total. The van der Waals surface area contributed by atoms with E-state index in [1.165, 1.54) is 5.39 Å². The minimum absolute atomic E-state index is 0.198. The maximum absolute atomic E-state index is 12.3. The fourth-order valence-electron chi connectivity index (χ4n) is 2.73. The highest BCUT2D eigenvalue weighted by Gasteiger charge is 2.12. The predicted molar refractivity (Wildman–Crippen MR) is 110 cm³/mol. The van der Waals surface area contributed by atoms with Crippen molar-refractivity contribution in [2.45, 2.75) is 19.9 Å². The molecule has 0 aliphatic rings. The summed E-state index contributed by atoms with van der Waals surface area (Å²) in [7, 11) is 1.63. The number of hydrogen-bond acceptors (Lipinski definition) is 4. The molecule has 2 N–H and O–H groups in total. The zero-order chi connectivity index (χ0) is 19.2. The molecule has 0 unspecified atom stereocenters. The molecule has 0 aliphatic heterocycles. The molecule has 0 aromatic heterocycles. The molecule has 0 bridgehead atoms. The van der Waals surface area contributed by atoms with Crippen molar-refractivity contribution in [3.05, 3.63) is 72.3 Å². The molecule has 0 saturated carbocycles. The van der Waals surface area contributed by atoms with Crippen LogP contribution in [0.3, 0.4) is 0 Å². The van der Waals surface area contributed by atoms with E-state index >= 15 is 0 Å². The van der Waals surface area contributed by atoms with E-state index in [1.54, 1.807) is 7.11 Å². The van der Waals surface area contributed by atoms with Crippen molar-refractivity contribution in [1.82, 2.24) is 5.43 Å². The second-order valence-electron chi connectivity index (χ2n) is 6.33. The molecule has 3 rings (SSSR count). The van der Waals surface area contributed by atoms with Crippen molar-refractivity contribution in [3.8, 4) is 5.75 Å². The van der Waals surface area contributed by atoms with Gasteiger partial charge in [0.25, 0.3) is 5.91 Å². The van der Waals surface area contributed by atoms with Gasteiger partial charge in [-0.3, -0.25) is 4.79 Å². The molecule has 27 heavy (non-hydrogen) atoms. The first-order chi connectivity index (χ1) is 13.1. The molecule has 1 atom stereocenters. The van der Waals surface area contributed by atoms with Crippen LogP contribution in [0.4, 0.5) is 5.69 Å². The molecule has 0 heterocycles. The summed E-state index contributed by atoms with van der Waals surface area (Å²) in [6, 6.07) is 21.3. The maximum Gasteiger partial charge on any atom is 0.262 e. The third kappa shape index (κ3) is 4.64. The van der Waals surface area contributed by atoms with E-state index in [-0.39, 0.29) is 5.91 Å². The van der Waals surface area contributed by atoms with Gasteiger partial charge in [0, 0.05) is 5.69 Å². The minimum atomic E-state index is -0.418. The third-order valence-electron chi connectivity index (χ3n) is 4.37. The van der Waals surface area contributed by atoms with Crippen LogP contribution in [0.2, 0.25) is 0 Å². The second-order valence-corrected chi connectivity index (χ2v) is 6.33. The first kappa shape index (κ1) is 18.5. The topological polar surface area (TPSA) is 62.7 Å². The zero-order valence-corrected chi connectivity index (χ0v) is 15.7. The van der Waals surface area contributed by atoms with Gasteiger partial charge in [0.2, 0.25) is 0 Å². The van der Waals surface area contributed by atoms with Crippen molar-refractivity contribution in [3.63, 3.8) is 0 Å². The standard InChI is InChI=1S/C22H23N3O2/c1-15(17-9-12-21(27-3)13-10-17)24-25-22(26)16(2)23-20-11-8-18-6-4-5-7-19(18)14-20/h4-14,16,23H,1-3H3,(H,25,26)/b24-15-/t16-/m1/s1. The highest BCUT2D eigenvalue weighted by atomic mass is 16.5. The first-order valence-corrected chi connectivity index (χ1v) is 8.81. The number of ether oxygens (including phenoxy) is 1. The van der Waals surface area contributed by atoms with E-state index in [4.69, 9.17) is 4.74 Å². The number of fused-ring (bicyclic) bond motifs is 1. The van der Waals surface area contributed by atoms with Crippen molar-refractivity contribution in [2.75, 3.05) is 12.4 Å². The molecule has 3 aromatic carbocycles. The van der Waals surface area contributed by atoms with Crippen molar-refractivity contribution in [1.29, 1.82) is 0 Å². The Hall–Kier alpha value is -3.34. The van der Waals surface area contributed by atoms with Crippen LogP contribution in [0.5, 0.6) is 5.75 Å². The Kier molecular flexibility index (Phi) is 5.71. The van der Waals surface area contributed by atoms with Gasteiger partial charge in [-0.25, -0.2) is 5.43 Å². The SMILES string of the molecule is COc1ccc(/C(C)=N\NC(=O)[C@@H](C)Nc2ccc3ccccc3c2)cc1. The number of hydrazone groups is 1. The lowest BCUT2D eigenvalue weighted by atomic mass is 10.1. The molecule has 0 saturated heterocycles. The van der Waals surface area contributed by atoms with E-state index in [2.05, 4.69) is 21.9 Å². The van der Waals surface area contributed by atoms with E-state index in [1.807, 2.05) is 74.5 Å². The van der Waals surface area contributed by atoms with E-state index in [0.29, 0.717) is 0 Å². The van der Waals surface area contributed by atoms with Gasteiger partial charge in [0.05, 0.1) is 12.8 Å². The smallest absolute Gasteiger partial charge is 0.262 e. The molecular formula is C22H23N3O2. The first-order valence-electron chi connectivity index (χ1n) is 8.81. The van der Waals surface area contributed by atoms with Crippen LogP contribution in [0.1, 0.15) is 19.4 Å². The number of nitrogens with zero attached hydrogens (tertiary/aromatic N) is 1. The lowest BCUT2D eigenvalue weighted by molar-refractivity contribution is -0.121. The average molecular weight is 361 g/mol. The van der Waals surface area contributed by atoms with Gasteiger partial charge in [-0.15, -0.1) is 0 Å². The van der Waals surface area contributed by atoms with Crippen LogP contribution in [0.25, 0.3) is 10.8 Å². The van der Waals surface area contributed by atoms with Crippen LogP contribution < -0.4 is 15.5 Å². The molecule has 138 valence electrons. The molecule has 0 fully saturated rings. The van der Waals surface area contributed by atoms with E-state index < -0.39 is 6.04 Å². The number of hydrogen-bond donors (Lipinski definition) is 2. The predicted octanol–water partition coefficient (Wildman–Crippen LogP) is 4.19.